The Kier molecular flexibility index (Phi) is 6.18. The molecule has 0 bridgehead atoms. The van der Waals surface area contributed by atoms with Gasteiger partial charge in [-0.25, -0.2) is 0 Å². The van der Waals surface area contributed by atoms with Crippen molar-refractivity contribution in [2.75, 3.05) is 46.9 Å². The third kappa shape index (κ3) is 4.54. The lowest BCUT2D eigenvalue weighted by Crippen LogP contribution is -2.50. The molecule has 8 nitrogen and oxygen atoms in total. The lowest BCUT2D eigenvalue weighted by Gasteiger charge is -2.33. The first-order chi connectivity index (χ1) is 15.0. The molecular weight excluding hydrogens is 398 g/mol. The summed E-state index contributed by atoms with van der Waals surface area (Å²) in [6.45, 7) is 6.07. The Morgan fingerprint density at radius 2 is 1.58 bits per heavy atom. The molecule has 166 valence electrons. The Morgan fingerprint density at radius 1 is 0.935 bits per heavy atom. The summed E-state index contributed by atoms with van der Waals surface area (Å²) >= 11 is 0. The summed E-state index contributed by atoms with van der Waals surface area (Å²) in [6.07, 6.45) is 0.919. The van der Waals surface area contributed by atoms with Gasteiger partial charge in [0.2, 0.25) is 5.91 Å². The summed E-state index contributed by atoms with van der Waals surface area (Å²) in [5, 5.41) is 0. The van der Waals surface area contributed by atoms with E-state index in [2.05, 4.69) is 11.0 Å². The normalized spacial score (nSPS) is 16.7. The average molecular weight is 428 g/mol. The molecule has 3 heterocycles. The maximum absolute atomic E-state index is 12.8. The highest BCUT2D eigenvalue weighted by Gasteiger charge is 2.26. The zero-order valence-electron chi connectivity index (χ0n) is 18.3. The molecule has 1 aromatic heterocycles. The molecule has 1 fully saturated rings. The molecule has 0 radical (unpaired) electrons. The summed E-state index contributed by atoms with van der Waals surface area (Å²) in [5.41, 5.74) is 2.49. The van der Waals surface area contributed by atoms with E-state index in [0.29, 0.717) is 38.5 Å². The van der Waals surface area contributed by atoms with Gasteiger partial charge in [-0.1, -0.05) is 0 Å². The van der Waals surface area contributed by atoms with Crippen LogP contribution in [0.3, 0.4) is 0 Å². The highest BCUT2D eigenvalue weighted by molar-refractivity contribution is 5.91. The van der Waals surface area contributed by atoms with E-state index in [9.17, 15) is 9.59 Å². The predicted molar refractivity (Wildman–Crippen MR) is 114 cm³/mol. The van der Waals surface area contributed by atoms with Crippen LogP contribution in [0.4, 0.5) is 0 Å². The third-order valence-corrected chi connectivity index (χ3v) is 6.06. The van der Waals surface area contributed by atoms with Gasteiger partial charge in [0, 0.05) is 46.2 Å². The highest BCUT2D eigenvalue weighted by Crippen LogP contribution is 2.33. The monoisotopic (exact) mass is 427 g/mol. The first kappa shape index (κ1) is 21.2. The smallest absolute Gasteiger partial charge is 0.289 e. The van der Waals surface area contributed by atoms with Gasteiger partial charge in [-0.2, -0.15) is 0 Å². The minimum Gasteiger partial charge on any atom is -0.493 e. The van der Waals surface area contributed by atoms with E-state index in [4.69, 9.17) is 13.9 Å². The topological polar surface area (TPSA) is 75.5 Å². The lowest BCUT2D eigenvalue weighted by atomic mass is 9.98. The van der Waals surface area contributed by atoms with Gasteiger partial charge in [-0.15, -0.1) is 0 Å². The minimum absolute atomic E-state index is 0.0477. The number of furan rings is 1. The second-order valence-electron chi connectivity index (χ2n) is 8.00. The van der Waals surface area contributed by atoms with Crippen molar-refractivity contribution < 1.29 is 23.5 Å². The van der Waals surface area contributed by atoms with Crippen LogP contribution in [0.25, 0.3) is 0 Å². The van der Waals surface area contributed by atoms with E-state index in [1.54, 1.807) is 37.0 Å². The van der Waals surface area contributed by atoms with E-state index < -0.39 is 0 Å². The molecule has 0 N–H and O–H groups in total. The molecule has 2 aromatic rings. The number of methoxy groups -OCH3 is 2. The summed E-state index contributed by atoms with van der Waals surface area (Å²) in [7, 11) is 3.30. The fourth-order valence-electron chi connectivity index (χ4n) is 4.26. The molecule has 4 rings (SSSR count). The number of amides is 2. The first-order valence-corrected chi connectivity index (χ1v) is 10.6. The number of benzene rings is 1. The van der Waals surface area contributed by atoms with E-state index in [-0.39, 0.29) is 11.8 Å². The average Bonchev–Trinajstić information content (AvgIpc) is 3.26. The third-order valence-electron chi connectivity index (χ3n) is 6.06. The van der Waals surface area contributed by atoms with Crippen LogP contribution >= 0.6 is 0 Å². The van der Waals surface area contributed by atoms with Gasteiger partial charge >= 0.3 is 0 Å². The van der Waals surface area contributed by atoms with Crippen LogP contribution in [0.5, 0.6) is 11.5 Å². The summed E-state index contributed by atoms with van der Waals surface area (Å²) in [4.78, 5) is 30.0. The van der Waals surface area contributed by atoms with Crippen LogP contribution in [0.1, 0.15) is 34.4 Å². The van der Waals surface area contributed by atoms with E-state index in [0.717, 1.165) is 36.8 Å². The van der Waals surface area contributed by atoms with Gasteiger partial charge in [0.05, 0.1) is 20.8 Å². The molecule has 1 saturated heterocycles. The number of carbonyl (C=O) groups is 2. The Morgan fingerprint density at radius 3 is 2.23 bits per heavy atom. The van der Waals surface area contributed by atoms with Crippen LogP contribution in [0, 0.1) is 0 Å². The number of fused-ring (bicyclic) bond motifs is 1. The molecule has 2 aliphatic rings. The summed E-state index contributed by atoms with van der Waals surface area (Å²) < 4.78 is 16.7. The second-order valence-corrected chi connectivity index (χ2v) is 8.00. The Balaban J connectivity index is 1.37. The van der Waals surface area contributed by atoms with Crippen LogP contribution in [0.2, 0.25) is 0 Å². The number of ether oxygens (including phenoxy) is 2. The van der Waals surface area contributed by atoms with Crippen LogP contribution in [-0.4, -0.2) is 73.5 Å². The van der Waals surface area contributed by atoms with Crippen molar-refractivity contribution in [2.24, 2.45) is 0 Å². The van der Waals surface area contributed by atoms with Crippen molar-refractivity contribution in [2.45, 2.75) is 26.4 Å². The van der Waals surface area contributed by atoms with Crippen LogP contribution in [0.15, 0.2) is 28.7 Å². The second kappa shape index (κ2) is 9.01. The van der Waals surface area contributed by atoms with Gasteiger partial charge in [0.15, 0.2) is 17.3 Å². The van der Waals surface area contributed by atoms with E-state index >= 15 is 0 Å². The van der Waals surface area contributed by atoms with E-state index in [1.807, 2.05) is 12.1 Å². The molecule has 0 unspecified atom stereocenters. The van der Waals surface area contributed by atoms with Crippen molar-refractivity contribution >= 4 is 11.8 Å². The van der Waals surface area contributed by atoms with Gasteiger partial charge in [-0.05, 0) is 41.8 Å². The maximum atomic E-state index is 12.8. The standard InChI is InChI=1S/C23H29N3O5/c1-16(27)25-8-10-26(11-9-25)23(28)20-5-4-19(31-20)15-24-7-6-17-12-21(29-2)22(30-3)13-18(17)14-24/h4-5,12-13H,6-11,14-15H2,1-3H3. The molecule has 0 atom stereocenters. The molecule has 1 aromatic carbocycles. The van der Waals surface area contributed by atoms with Crippen molar-refractivity contribution in [3.63, 3.8) is 0 Å². The fraction of sp³-hybridized carbons (Fsp3) is 0.478. The number of rotatable bonds is 5. The predicted octanol–water partition coefficient (Wildman–Crippen LogP) is 2.16. The minimum atomic E-state index is -0.115. The quantitative estimate of drug-likeness (QED) is 0.728. The Labute approximate surface area is 182 Å². The Bertz CT molecular complexity index is 962. The summed E-state index contributed by atoms with van der Waals surface area (Å²) in [6, 6.07) is 7.73. The molecular formula is C23H29N3O5. The van der Waals surface area contributed by atoms with Gasteiger partial charge in [0.25, 0.3) is 5.91 Å². The van der Waals surface area contributed by atoms with Crippen LogP contribution < -0.4 is 9.47 Å². The number of hydrogen-bond donors (Lipinski definition) is 0. The zero-order valence-corrected chi connectivity index (χ0v) is 18.3. The fourth-order valence-corrected chi connectivity index (χ4v) is 4.26. The highest BCUT2D eigenvalue weighted by atomic mass is 16.5. The number of hydrogen-bond acceptors (Lipinski definition) is 6. The molecule has 2 aliphatic heterocycles. The molecule has 0 saturated carbocycles. The number of nitrogens with zero attached hydrogens (tertiary/aromatic N) is 3. The van der Waals surface area contributed by atoms with Gasteiger partial charge in [0.1, 0.15) is 5.76 Å². The van der Waals surface area contributed by atoms with Gasteiger partial charge in [-0.3, -0.25) is 14.5 Å². The SMILES string of the molecule is COc1cc2c(cc1OC)CN(Cc1ccc(C(=O)N3CCN(C(C)=O)CC3)o1)CC2. The van der Waals surface area contributed by atoms with E-state index in [1.165, 1.54) is 11.1 Å². The molecule has 8 heteroatoms. The maximum Gasteiger partial charge on any atom is 0.289 e. The molecule has 0 spiro atoms. The lowest BCUT2D eigenvalue weighted by molar-refractivity contribution is -0.130. The van der Waals surface area contributed by atoms with Crippen molar-refractivity contribution in [1.29, 1.82) is 0 Å². The summed E-state index contributed by atoms with van der Waals surface area (Å²) in [5.74, 6) is 2.55. The molecule has 31 heavy (non-hydrogen) atoms. The van der Waals surface area contributed by atoms with Crippen molar-refractivity contribution in [3.05, 3.63) is 46.9 Å². The molecule has 0 aliphatic carbocycles. The number of carbonyl (C=O) groups excluding carboxylic acids is 2. The number of piperazine rings is 1. The van der Waals surface area contributed by atoms with Gasteiger partial charge < -0.3 is 23.7 Å². The van der Waals surface area contributed by atoms with Crippen molar-refractivity contribution in [1.82, 2.24) is 14.7 Å². The molecule has 2 amide bonds. The van der Waals surface area contributed by atoms with Crippen molar-refractivity contribution in [3.8, 4) is 11.5 Å². The Hall–Kier alpha value is -3.00. The largest absolute Gasteiger partial charge is 0.493 e. The zero-order chi connectivity index (χ0) is 22.0. The van der Waals surface area contributed by atoms with Crippen LogP contribution in [-0.2, 0) is 24.3 Å². The first-order valence-electron chi connectivity index (χ1n) is 10.6.